The van der Waals surface area contributed by atoms with E-state index in [1.807, 2.05) is 33.8 Å². The molecule has 7 heteroatoms. The van der Waals surface area contributed by atoms with E-state index in [-0.39, 0.29) is 5.91 Å². The van der Waals surface area contributed by atoms with E-state index in [9.17, 15) is 4.79 Å². The van der Waals surface area contributed by atoms with Gasteiger partial charge in [-0.05, 0) is 38.1 Å². The third-order valence-corrected chi connectivity index (χ3v) is 4.99. The number of fused-ring (bicyclic) bond motifs is 1. The number of benzene rings is 1. The SMILES string of the molecule is Cc1ccc(-n2nc3c(c2-n2cccc2)CN(C(=O)c2cc(C)on2)C3)cc1. The maximum Gasteiger partial charge on any atom is 0.276 e. The van der Waals surface area contributed by atoms with Gasteiger partial charge in [-0.25, -0.2) is 4.68 Å². The lowest BCUT2D eigenvalue weighted by Crippen LogP contribution is -2.26. The van der Waals surface area contributed by atoms with E-state index in [4.69, 9.17) is 9.62 Å². The van der Waals surface area contributed by atoms with Gasteiger partial charge >= 0.3 is 0 Å². The van der Waals surface area contributed by atoms with Crippen molar-refractivity contribution < 1.29 is 9.32 Å². The van der Waals surface area contributed by atoms with E-state index in [2.05, 4.69) is 36.3 Å². The van der Waals surface area contributed by atoms with Crippen LogP contribution in [0.25, 0.3) is 11.5 Å². The van der Waals surface area contributed by atoms with Crippen LogP contribution in [0.2, 0.25) is 0 Å². The Morgan fingerprint density at radius 1 is 1.07 bits per heavy atom. The largest absolute Gasteiger partial charge is 0.361 e. The van der Waals surface area contributed by atoms with E-state index < -0.39 is 0 Å². The summed E-state index contributed by atoms with van der Waals surface area (Å²) in [6.07, 6.45) is 3.99. The van der Waals surface area contributed by atoms with E-state index in [0.717, 1.165) is 22.8 Å². The minimum Gasteiger partial charge on any atom is -0.361 e. The lowest BCUT2D eigenvalue weighted by molar-refractivity contribution is 0.0738. The minimum atomic E-state index is -0.143. The quantitative estimate of drug-likeness (QED) is 0.552. The molecule has 0 radical (unpaired) electrons. The van der Waals surface area contributed by atoms with Crippen LogP contribution >= 0.6 is 0 Å². The Morgan fingerprint density at radius 3 is 2.50 bits per heavy atom. The normalized spacial score (nSPS) is 13.1. The van der Waals surface area contributed by atoms with Gasteiger partial charge in [0.05, 0.1) is 24.5 Å². The van der Waals surface area contributed by atoms with Crippen molar-refractivity contribution in [2.45, 2.75) is 26.9 Å². The van der Waals surface area contributed by atoms with Crippen LogP contribution in [-0.4, -0.2) is 30.3 Å². The number of hydrogen-bond acceptors (Lipinski definition) is 4. The van der Waals surface area contributed by atoms with E-state index in [1.165, 1.54) is 5.56 Å². The number of nitrogens with zero attached hydrogens (tertiary/aromatic N) is 5. The zero-order valence-corrected chi connectivity index (χ0v) is 15.7. The summed E-state index contributed by atoms with van der Waals surface area (Å²) in [6, 6.07) is 13.9. The maximum absolute atomic E-state index is 12.8. The number of aromatic nitrogens is 4. The van der Waals surface area contributed by atoms with Crippen molar-refractivity contribution in [3.63, 3.8) is 0 Å². The second-order valence-corrected chi connectivity index (χ2v) is 7.07. The van der Waals surface area contributed by atoms with Gasteiger partial charge in [-0.2, -0.15) is 5.10 Å². The van der Waals surface area contributed by atoms with Crippen molar-refractivity contribution in [3.05, 3.63) is 83.1 Å². The van der Waals surface area contributed by atoms with Crippen LogP contribution in [0.1, 0.15) is 33.1 Å². The van der Waals surface area contributed by atoms with Gasteiger partial charge in [0, 0.05) is 24.0 Å². The van der Waals surface area contributed by atoms with E-state index in [1.54, 1.807) is 17.9 Å². The number of rotatable bonds is 3. The summed E-state index contributed by atoms with van der Waals surface area (Å²) >= 11 is 0. The summed E-state index contributed by atoms with van der Waals surface area (Å²) in [4.78, 5) is 14.5. The van der Waals surface area contributed by atoms with Gasteiger partial charge in [-0.3, -0.25) is 4.79 Å². The summed E-state index contributed by atoms with van der Waals surface area (Å²) in [5.74, 6) is 1.43. The third-order valence-electron chi connectivity index (χ3n) is 4.99. The lowest BCUT2D eigenvalue weighted by atomic mass is 10.2. The average Bonchev–Trinajstić information content (AvgIpc) is 3.45. The molecule has 4 aromatic rings. The molecular weight excluding hydrogens is 354 g/mol. The lowest BCUT2D eigenvalue weighted by Gasteiger charge is -2.16. The Balaban J connectivity index is 1.55. The van der Waals surface area contributed by atoms with Crippen molar-refractivity contribution in [1.29, 1.82) is 0 Å². The molecule has 0 N–H and O–H groups in total. The molecule has 0 aliphatic carbocycles. The van der Waals surface area contributed by atoms with Crippen LogP contribution in [0.5, 0.6) is 0 Å². The number of amides is 1. The van der Waals surface area contributed by atoms with Gasteiger partial charge < -0.3 is 14.0 Å². The summed E-state index contributed by atoms with van der Waals surface area (Å²) in [5, 5.41) is 8.69. The molecule has 1 amide bonds. The van der Waals surface area contributed by atoms with Gasteiger partial charge in [0.2, 0.25) is 0 Å². The molecule has 4 heterocycles. The Labute approximate surface area is 161 Å². The number of aryl methyl sites for hydroxylation is 2. The van der Waals surface area contributed by atoms with Gasteiger partial charge in [-0.15, -0.1) is 0 Å². The molecule has 3 aromatic heterocycles. The van der Waals surface area contributed by atoms with Crippen LogP contribution in [-0.2, 0) is 13.1 Å². The molecular formula is C21H19N5O2. The van der Waals surface area contributed by atoms with Gasteiger partial charge in [-0.1, -0.05) is 22.9 Å². The fraction of sp³-hybridized carbons (Fsp3) is 0.190. The molecule has 0 fully saturated rings. The first-order valence-electron chi connectivity index (χ1n) is 9.14. The molecule has 7 nitrogen and oxygen atoms in total. The third kappa shape index (κ3) is 2.63. The second-order valence-electron chi connectivity index (χ2n) is 7.07. The summed E-state index contributed by atoms with van der Waals surface area (Å²) in [5.41, 5.74) is 4.47. The van der Waals surface area contributed by atoms with Crippen molar-refractivity contribution in [1.82, 2.24) is 24.4 Å². The second kappa shape index (κ2) is 6.23. The van der Waals surface area contributed by atoms with Crippen LogP contribution in [0.15, 0.2) is 59.4 Å². The molecule has 0 saturated carbocycles. The average molecular weight is 373 g/mol. The molecule has 0 spiro atoms. The highest BCUT2D eigenvalue weighted by Gasteiger charge is 2.32. The fourth-order valence-electron chi connectivity index (χ4n) is 3.58. The first-order chi connectivity index (χ1) is 13.6. The van der Waals surface area contributed by atoms with Crippen molar-refractivity contribution >= 4 is 5.91 Å². The Hall–Kier alpha value is -3.61. The number of carbonyl (C=O) groups excluding carboxylic acids is 1. The van der Waals surface area contributed by atoms with E-state index >= 15 is 0 Å². The minimum absolute atomic E-state index is 0.143. The molecule has 0 unspecified atom stereocenters. The predicted octanol–water partition coefficient (Wildman–Crippen LogP) is 3.42. The number of hydrogen-bond donors (Lipinski definition) is 0. The molecule has 140 valence electrons. The summed E-state index contributed by atoms with van der Waals surface area (Å²) in [7, 11) is 0. The highest BCUT2D eigenvalue weighted by atomic mass is 16.5. The van der Waals surface area contributed by atoms with Crippen LogP contribution in [0.4, 0.5) is 0 Å². The zero-order valence-electron chi connectivity index (χ0n) is 15.7. The molecule has 1 aromatic carbocycles. The molecule has 1 aliphatic rings. The molecule has 0 bridgehead atoms. The Kier molecular flexibility index (Phi) is 3.68. The summed E-state index contributed by atoms with van der Waals surface area (Å²) in [6.45, 7) is 4.78. The number of carbonyl (C=O) groups is 1. The standard InChI is InChI=1S/C21H19N5O2/c1-14-5-7-16(8-6-14)26-20(24-9-3-4-10-24)17-12-25(13-19(17)22-26)21(27)18-11-15(2)28-23-18/h3-11H,12-13H2,1-2H3. The highest BCUT2D eigenvalue weighted by molar-refractivity contribution is 5.92. The highest BCUT2D eigenvalue weighted by Crippen LogP contribution is 2.31. The Bertz CT molecular complexity index is 1150. The molecule has 28 heavy (non-hydrogen) atoms. The van der Waals surface area contributed by atoms with E-state index in [0.29, 0.717) is 24.5 Å². The Morgan fingerprint density at radius 2 is 1.82 bits per heavy atom. The zero-order chi connectivity index (χ0) is 19.3. The van der Waals surface area contributed by atoms with Crippen LogP contribution in [0, 0.1) is 13.8 Å². The van der Waals surface area contributed by atoms with Crippen molar-refractivity contribution in [3.8, 4) is 11.5 Å². The molecule has 5 rings (SSSR count). The smallest absolute Gasteiger partial charge is 0.276 e. The van der Waals surface area contributed by atoms with Gasteiger partial charge in [0.1, 0.15) is 11.6 Å². The van der Waals surface area contributed by atoms with Gasteiger partial charge in [0.15, 0.2) is 5.69 Å². The van der Waals surface area contributed by atoms with Crippen molar-refractivity contribution in [2.24, 2.45) is 0 Å². The fourth-order valence-corrected chi connectivity index (χ4v) is 3.58. The molecule has 0 atom stereocenters. The van der Waals surface area contributed by atoms with Gasteiger partial charge in [0.25, 0.3) is 5.91 Å². The molecule has 1 aliphatic heterocycles. The first kappa shape index (κ1) is 16.6. The monoisotopic (exact) mass is 373 g/mol. The maximum atomic E-state index is 12.8. The van der Waals surface area contributed by atoms with Crippen LogP contribution in [0.3, 0.4) is 0 Å². The molecule has 0 saturated heterocycles. The summed E-state index contributed by atoms with van der Waals surface area (Å²) < 4.78 is 9.04. The van der Waals surface area contributed by atoms with Crippen LogP contribution < -0.4 is 0 Å². The first-order valence-corrected chi connectivity index (χ1v) is 9.14. The van der Waals surface area contributed by atoms with Crippen molar-refractivity contribution in [2.75, 3.05) is 0 Å². The topological polar surface area (TPSA) is 69.1 Å². The predicted molar refractivity (Wildman–Crippen MR) is 102 cm³/mol.